The molecule has 80 valence electrons. The molecule has 1 aromatic rings. The highest BCUT2D eigenvalue weighted by Gasteiger charge is 2.12. The van der Waals surface area contributed by atoms with Crippen LogP contribution in [-0.2, 0) is 0 Å². The zero-order valence-corrected chi connectivity index (χ0v) is 9.01. The number of carboxylic acid groups (broad SMARTS) is 1. The van der Waals surface area contributed by atoms with Gasteiger partial charge in [-0.15, -0.1) is 0 Å². The third-order valence-corrected chi connectivity index (χ3v) is 2.06. The molecule has 0 aliphatic heterocycles. The van der Waals surface area contributed by atoms with Gasteiger partial charge in [0.05, 0.1) is 10.6 Å². The molecule has 0 aromatic carbocycles. The van der Waals surface area contributed by atoms with Crippen LogP contribution in [0.5, 0.6) is 0 Å². The van der Waals surface area contributed by atoms with Crippen LogP contribution in [-0.4, -0.2) is 22.6 Å². The highest BCUT2D eigenvalue weighted by molar-refractivity contribution is 6.35. The fourth-order valence-corrected chi connectivity index (χ4v) is 1.23. The predicted molar refractivity (Wildman–Crippen MR) is 59.5 cm³/mol. The number of carboxylic acids is 1. The summed E-state index contributed by atoms with van der Waals surface area (Å²) in [5.41, 5.74) is 0.949. The smallest absolute Gasteiger partial charge is 0.337 e. The van der Waals surface area contributed by atoms with Gasteiger partial charge in [0.15, 0.2) is 0 Å². The third-order valence-electron chi connectivity index (χ3n) is 1.68. The van der Waals surface area contributed by atoms with Crippen molar-refractivity contribution in [3.8, 4) is 0 Å². The van der Waals surface area contributed by atoms with Crippen molar-refractivity contribution in [1.29, 1.82) is 0 Å². The Bertz CT molecular complexity index is 404. The molecule has 1 aromatic heterocycles. The van der Waals surface area contributed by atoms with Crippen LogP contribution in [0.15, 0.2) is 24.4 Å². The molecule has 2 N–H and O–H groups in total. The van der Waals surface area contributed by atoms with E-state index in [9.17, 15) is 4.79 Å². The van der Waals surface area contributed by atoms with Gasteiger partial charge in [0.25, 0.3) is 0 Å². The van der Waals surface area contributed by atoms with Gasteiger partial charge in [0.2, 0.25) is 0 Å². The number of anilines is 1. The maximum atomic E-state index is 10.8. The number of rotatable bonds is 4. The lowest BCUT2D eigenvalue weighted by atomic mass is 10.2. The maximum Gasteiger partial charge on any atom is 0.337 e. The SMILES string of the molecule is C=C(C)CNc1nccc(C(=O)O)c1Cl. The Hall–Kier alpha value is -1.55. The number of aromatic nitrogens is 1. The van der Waals surface area contributed by atoms with Crippen LogP contribution in [0.2, 0.25) is 5.02 Å². The Kier molecular flexibility index (Phi) is 3.68. The van der Waals surface area contributed by atoms with Crippen LogP contribution in [0.3, 0.4) is 0 Å². The molecule has 0 radical (unpaired) electrons. The molecule has 0 aliphatic rings. The number of nitrogens with one attached hydrogen (secondary N) is 1. The molecular formula is C10H11ClN2O2. The van der Waals surface area contributed by atoms with E-state index in [1.807, 2.05) is 6.92 Å². The summed E-state index contributed by atoms with van der Waals surface area (Å²) in [7, 11) is 0. The first kappa shape index (κ1) is 11.5. The number of carbonyl (C=O) groups is 1. The number of hydrogen-bond acceptors (Lipinski definition) is 3. The molecule has 0 saturated heterocycles. The Morgan fingerprint density at radius 1 is 1.73 bits per heavy atom. The van der Waals surface area contributed by atoms with Gasteiger partial charge in [0, 0.05) is 12.7 Å². The molecule has 1 rings (SSSR count). The van der Waals surface area contributed by atoms with Crippen molar-refractivity contribution in [1.82, 2.24) is 4.98 Å². The summed E-state index contributed by atoms with van der Waals surface area (Å²) in [5.74, 6) is -0.708. The van der Waals surface area contributed by atoms with Crippen LogP contribution < -0.4 is 5.32 Å². The first-order chi connectivity index (χ1) is 7.02. The summed E-state index contributed by atoms with van der Waals surface area (Å²) in [6, 6.07) is 1.36. The molecular weight excluding hydrogens is 216 g/mol. The van der Waals surface area contributed by atoms with Crippen molar-refractivity contribution in [2.45, 2.75) is 6.92 Å². The average Bonchev–Trinajstić information content (AvgIpc) is 2.15. The average molecular weight is 227 g/mol. The van der Waals surface area contributed by atoms with Crippen LogP contribution in [0, 0.1) is 0 Å². The van der Waals surface area contributed by atoms with Crippen molar-refractivity contribution in [3.05, 3.63) is 35.0 Å². The van der Waals surface area contributed by atoms with E-state index in [-0.39, 0.29) is 10.6 Å². The first-order valence-corrected chi connectivity index (χ1v) is 4.66. The van der Waals surface area contributed by atoms with E-state index in [2.05, 4.69) is 16.9 Å². The number of nitrogens with zero attached hydrogens (tertiary/aromatic N) is 1. The van der Waals surface area contributed by atoms with E-state index in [4.69, 9.17) is 16.7 Å². The number of pyridine rings is 1. The summed E-state index contributed by atoms with van der Waals surface area (Å²) in [4.78, 5) is 14.7. The third kappa shape index (κ3) is 2.95. The molecule has 0 amide bonds. The minimum absolute atomic E-state index is 0.0379. The summed E-state index contributed by atoms with van der Waals surface area (Å²) in [6.07, 6.45) is 1.40. The number of hydrogen-bond donors (Lipinski definition) is 2. The van der Waals surface area contributed by atoms with E-state index in [0.29, 0.717) is 12.4 Å². The van der Waals surface area contributed by atoms with Gasteiger partial charge in [0.1, 0.15) is 5.82 Å². The van der Waals surface area contributed by atoms with E-state index in [1.54, 1.807) is 0 Å². The van der Waals surface area contributed by atoms with Crippen LogP contribution >= 0.6 is 11.6 Å². The Morgan fingerprint density at radius 2 is 2.40 bits per heavy atom. The quantitative estimate of drug-likeness (QED) is 0.774. The molecule has 4 nitrogen and oxygen atoms in total. The largest absolute Gasteiger partial charge is 0.478 e. The second-order valence-corrected chi connectivity index (χ2v) is 3.51. The summed E-state index contributed by atoms with van der Waals surface area (Å²) in [5, 5.41) is 11.8. The highest BCUT2D eigenvalue weighted by Crippen LogP contribution is 2.23. The van der Waals surface area contributed by atoms with Gasteiger partial charge in [-0.2, -0.15) is 0 Å². The predicted octanol–water partition coefficient (Wildman–Crippen LogP) is 2.42. The normalized spacial score (nSPS) is 9.73. The molecule has 5 heteroatoms. The Morgan fingerprint density at radius 3 is 2.93 bits per heavy atom. The van der Waals surface area contributed by atoms with Gasteiger partial charge in [-0.25, -0.2) is 9.78 Å². The minimum atomic E-state index is -1.07. The topological polar surface area (TPSA) is 62.2 Å². The van der Waals surface area contributed by atoms with Gasteiger partial charge < -0.3 is 10.4 Å². The van der Waals surface area contributed by atoms with E-state index in [0.717, 1.165) is 5.57 Å². The maximum absolute atomic E-state index is 10.8. The number of halogens is 1. The molecule has 0 saturated carbocycles. The van der Waals surface area contributed by atoms with E-state index < -0.39 is 5.97 Å². The molecule has 15 heavy (non-hydrogen) atoms. The van der Waals surface area contributed by atoms with Crippen molar-refractivity contribution < 1.29 is 9.90 Å². The van der Waals surface area contributed by atoms with Crippen molar-refractivity contribution >= 4 is 23.4 Å². The van der Waals surface area contributed by atoms with Crippen LogP contribution in [0.1, 0.15) is 17.3 Å². The lowest BCUT2D eigenvalue weighted by molar-refractivity contribution is 0.0697. The van der Waals surface area contributed by atoms with Gasteiger partial charge in [-0.1, -0.05) is 23.8 Å². The van der Waals surface area contributed by atoms with Crippen LogP contribution in [0.25, 0.3) is 0 Å². The summed E-state index contributed by atoms with van der Waals surface area (Å²) in [6.45, 7) is 6.07. The van der Waals surface area contributed by atoms with Crippen molar-refractivity contribution in [2.24, 2.45) is 0 Å². The zero-order chi connectivity index (χ0) is 11.4. The van der Waals surface area contributed by atoms with Crippen molar-refractivity contribution in [3.63, 3.8) is 0 Å². The fourth-order valence-electron chi connectivity index (χ4n) is 0.967. The molecule has 0 bridgehead atoms. The summed E-state index contributed by atoms with van der Waals surface area (Å²) < 4.78 is 0. The summed E-state index contributed by atoms with van der Waals surface area (Å²) >= 11 is 5.85. The van der Waals surface area contributed by atoms with Gasteiger partial charge in [-0.3, -0.25) is 0 Å². The minimum Gasteiger partial charge on any atom is -0.478 e. The van der Waals surface area contributed by atoms with Gasteiger partial charge >= 0.3 is 5.97 Å². The first-order valence-electron chi connectivity index (χ1n) is 4.28. The molecule has 0 fully saturated rings. The lowest BCUT2D eigenvalue weighted by Gasteiger charge is -2.08. The Labute approximate surface area is 92.6 Å². The zero-order valence-electron chi connectivity index (χ0n) is 8.25. The fraction of sp³-hybridized carbons (Fsp3) is 0.200. The van der Waals surface area contributed by atoms with E-state index in [1.165, 1.54) is 12.3 Å². The van der Waals surface area contributed by atoms with Gasteiger partial charge in [-0.05, 0) is 13.0 Å². The number of aromatic carboxylic acids is 1. The van der Waals surface area contributed by atoms with Crippen molar-refractivity contribution in [2.75, 3.05) is 11.9 Å². The molecule has 1 heterocycles. The molecule has 0 unspecified atom stereocenters. The molecule has 0 atom stereocenters. The molecule has 0 aliphatic carbocycles. The highest BCUT2D eigenvalue weighted by atomic mass is 35.5. The standard InChI is InChI=1S/C10H11ClN2O2/c1-6(2)5-13-9-8(11)7(10(14)15)3-4-12-9/h3-4H,1,5H2,2H3,(H,12,13)(H,14,15). The van der Waals surface area contributed by atoms with Crippen LogP contribution in [0.4, 0.5) is 5.82 Å². The second kappa shape index (κ2) is 4.79. The Balaban J connectivity index is 2.94. The van der Waals surface area contributed by atoms with E-state index >= 15 is 0 Å². The lowest BCUT2D eigenvalue weighted by Crippen LogP contribution is -2.07. The monoisotopic (exact) mass is 226 g/mol. The second-order valence-electron chi connectivity index (χ2n) is 3.14. The molecule has 0 spiro atoms.